The van der Waals surface area contributed by atoms with E-state index in [0.29, 0.717) is 0 Å². The molecule has 11 heavy (non-hydrogen) atoms. The van der Waals surface area contributed by atoms with Gasteiger partial charge in [-0.2, -0.15) is 5.26 Å². The molecule has 0 aromatic carbocycles. The van der Waals surface area contributed by atoms with Gasteiger partial charge in [-0.15, -0.1) is 4.99 Å². The van der Waals surface area contributed by atoms with Gasteiger partial charge >= 0.3 is 0 Å². The molecule has 0 aliphatic heterocycles. The molecule has 0 rings (SSSR count). The van der Waals surface area contributed by atoms with Gasteiger partial charge in [0.25, 0.3) is 0 Å². The van der Waals surface area contributed by atoms with Gasteiger partial charge in [-0.05, 0) is 0 Å². The Hall–Kier alpha value is -1.70. The fourth-order valence-electron chi connectivity index (χ4n) is 0.367. The minimum Gasteiger partial charge on any atom is -0.483 e. The van der Waals surface area contributed by atoms with E-state index in [1.165, 1.54) is 20.3 Å². The molecule has 0 saturated heterocycles. The van der Waals surface area contributed by atoms with Crippen LogP contribution in [0.15, 0.2) is 17.0 Å². The third-order valence-electron chi connectivity index (χ3n) is 0.871. The van der Waals surface area contributed by atoms with E-state index in [-0.39, 0.29) is 11.8 Å². The van der Waals surface area contributed by atoms with Gasteiger partial charge in [-0.1, -0.05) is 0 Å². The first-order chi connectivity index (χ1) is 5.24. The maximum atomic E-state index is 8.12. The lowest BCUT2D eigenvalue weighted by molar-refractivity contribution is 0.286. The average Bonchev–Trinajstić information content (AvgIpc) is 2.03. The molecule has 0 aromatic heterocycles. The fraction of sp³-hybridized carbons (Fsp3) is 0.333. The first-order valence-corrected chi connectivity index (χ1v) is 2.76. The Balaban J connectivity index is 4.32. The van der Waals surface area contributed by atoms with E-state index >= 15 is 0 Å². The normalized spacial score (nSPS) is 12.1. The van der Waals surface area contributed by atoms with E-state index in [4.69, 9.17) is 11.0 Å². The van der Waals surface area contributed by atoms with Gasteiger partial charge in [0.05, 0.1) is 20.3 Å². The van der Waals surface area contributed by atoms with Crippen LogP contribution >= 0.6 is 0 Å². The minimum absolute atomic E-state index is 0.117. The van der Waals surface area contributed by atoms with Crippen LogP contribution in [-0.4, -0.2) is 20.1 Å². The summed E-state index contributed by atoms with van der Waals surface area (Å²) in [5.74, 6) is 0.257. The Kier molecular flexibility index (Phi) is 4.32. The highest BCUT2D eigenvalue weighted by atomic mass is 16.5. The molecule has 0 fully saturated rings. The number of aliphatic imine (C=N–C) groups is 1. The number of nitriles is 1. The van der Waals surface area contributed by atoms with Crippen molar-refractivity contribution in [2.45, 2.75) is 0 Å². The topological polar surface area (TPSA) is 80.6 Å². The van der Waals surface area contributed by atoms with Gasteiger partial charge in [0.15, 0.2) is 5.88 Å². The zero-order valence-electron chi connectivity index (χ0n) is 6.37. The van der Waals surface area contributed by atoms with Crippen LogP contribution in [0.25, 0.3) is 0 Å². The molecule has 0 aliphatic carbocycles. The minimum atomic E-state index is 0.117. The van der Waals surface area contributed by atoms with E-state index in [9.17, 15) is 0 Å². The Morgan fingerprint density at radius 3 is 2.55 bits per heavy atom. The highest BCUT2D eigenvalue weighted by molar-refractivity contribution is 5.88. The van der Waals surface area contributed by atoms with E-state index in [0.717, 1.165) is 0 Å². The Morgan fingerprint density at radius 1 is 1.55 bits per heavy atom. The van der Waals surface area contributed by atoms with Gasteiger partial charge in [0.1, 0.15) is 0 Å². The van der Waals surface area contributed by atoms with Gasteiger partial charge in [-0.3, -0.25) is 0 Å². The van der Waals surface area contributed by atoms with Crippen molar-refractivity contribution in [1.29, 1.82) is 5.26 Å². The molecule has 0 aromatic rings. The van der Waals surface area contributed by atoms with E-state index in [1.807, 2.05) is 0 Å². The molecule has 0 amide bonds. The molecule has 0 bridgehead atoms. The Morgan fingerprint density at radius 2 is 2.18 bits per heavy atom. The Labute approximate surface area is 64.7 Å². The predicted octanol–water partition coefficient (Wildman–Crippen LogP) is -0.0411. The summed E-state index contributed by atoms with van der Waals surface area (Å²) >= 11 is 0. The summed E-state index contributed by atoms with van der Waals surface area (Å²) < 4.78 is 9.25. The lowest BCUT2D eigenvalue weighted by atomic mass is 10.6. The highest BCUT2D eigenvalue weighted by Crippen LogP contribution is 1.88. The third kappa shape index (κ3) is 3.81. The molecule has 5 nitrogen and oxygen atoms in total. The number of methoxy groups -OCH3 is 2. The third-order valence-corrected chi connectivity index (χ3v) is 0.871. The standard InChI is InChI=1S/C6H9N3O2/c1-10-5(8)3-6(11-2)9-4-7/h3H,8H2,1-2H3/b5-3-,9-6-. The molecule has 0 radical (unpaired) electrons. The number of rotatable bonds is 2. The van der Waals surface area contributed by atoms with Crippen LogP contribution < -0.4 is 5.73 Å². The number of nitrogens with two attached hydrogens (primary N) is 1. The smallest absolute Gasteiger partial charge is 0.229 e. The fourth-order valence-corrected chi connectivity index (χ4v) is 0.367. The molecule has 5 heteroatoms. The molecule has 0 aliphatic rings. The van der Waals surface area contributed by atoms with Crippen LogP contribution in [-0.2, 0) is 9.47 Å². The number of hydrogen-bond acceptors (Lipinski definition) is 5. The zero-order valence-corrected chi connectivity index (χ0v) is 6.37. The van der Waals surface area contributed by atoms with Crippen molar-refractivity contribution >= 4 is 5.90 Å². The monoisotopic (exact) mass is 155 g/mol. The second-order valence-corrected chi connectivity index (χ2v) is 1.50. The molecule has 2 N–H and O–H groups in total. The van der Waals surface area contributed by atoms with Crippen LogP contribution in [0.5, 0.6) is 0 Å². The Bertz CT molecular complexity index is 214. The maximum absolute atomic E-state index is 8.12. The van der Waals surface area contributed by atoms with Crippen LogP contribution in [0.1, 0.15) is 0 Å². The first kappa shape index (κ1) is 9.30. The molecule has 0 unspecified atom stereocenters. The van der Waals surface area contributed by atoms with Gasteiger partial charge in [-0.25, -0.2) is 0 Å². The lowest BCUT2D eigenvalue weighted by Gasteiger charge is -1.98. The number of ether oxygens (including phenoxy) is 2. The molecular formula is C6H9N3O2. The lowest BCUT2D eigenvalue weighted by Crippen LogP contribution is -2.05. The van der Waals surface area contributed by atoms with Crippen LogP contribution in [0.3, 0.4) is 0 Å². The van der Waals surface area contributed by atoms with E-state index in [1.54, 1.807) is 6.19 Å². The van der Waals surface area contributed by atoms with Gasteiger partial charge < -0.3 is 15.2 Å². The zero-order chi connectivity index (χ0) is 8.69. The van der Waals surface area contributed by atoms with Crippen molar-refractivity contribution in [2.75, 3.05) is 14.2 Å². The predicted molar refractivity (Wildman–Crippen MR) is 39.3 cm³/mol. The second-order valence-electron chi connectivity index (χ2n) is 1.50. The summed E-state index contributed by atoms with van der Waals surface area (Å²) in [5.41, 5.74) is 5.25. The van der Waals surface area contributed by atoms with Crippen molar-refractivity contribution in [3.05, 3.63) is 12.0 Å². The summed E-state index contributed by atoms with van der Waals surface area (Å²) in [7, 11) is 2.79. The van der Waals surface area contributed by atoms with E-state index < -0.39 is 0 Å². The maximum Gasteiger partial charge on any atom is 0.229 e. The van der Waals surface area contributed by atoms with Crippen LogP contribution in [0.4, 0.5) is 0 Å². The summed E-state index contributed by atoms with van der Waals surface area (Å²) in [6.45, 7) is 0. The van der Waals surface area contributed by atoms with Crippen LogP contribution in [0, 0.1) is 11.5 Å². The summed E-state index contributed by atoms with van der Waals surface area (Å²) in [6.07, 6.45) is 2.86. The summed E-state index contributed by atoms with van der Waals surface area (Å²) in [5, 5.41) is 8.12. The van der Waals surface area contributed by atoms with Crippen molar-refractivity contribution < 1.29 is 9.47 Å². The second kappa shape index (κ2) is 5.11. The molecular weight excluding hydrogens is 146 g/mol. The largest absolute Gasteiger partial charge is 0.483 e. The number of hydrogen-bond donors (Lipinski definition) is 1. The quantitative estimate of drug-likeness (QED) is 0.262. The number of nitrogens with zero attached hydrogens (tertiary/aromatic N) is 2. The average molecular weight is 155 g/mol. The summed E-state index contributed by atoms with van der Waals surface area (Å²) in [6, 6.07) is 0. The molecule has 0 heterocycles. The van der Waals surface area contributed by atoms with Crippen molar-refractivity contribution in [3.63, 3.8) is 0 Å². The van der Waals surface area contributed by atoms with Crippen molar-refractivity contribution in [2.24, 2.45) is 10.7 Å². The highest BCUT2D eigenvalue weighted by Gasteiger charge is 1.94. The first-order valence-electron chi connectivity index (χ1n) is 2.76. The summed E-state index contributed by atoms with van der Waals surface area (Å²) in [4.78, 5) is 3.29. The van der Waals surface area contributed by atoms with Crippen LogP contribution in [0.2, 0.25) is 0 Å². The molecule has 0 atom stereocenters. The van der Waals surface area contributed by atoms with E-state index in [2.05, 4.69) is 14.5 Å². The van der Waals surface area contributed by atoms with Crippen molar-refractivity contribution in [3.8, 4) is 6.19 Å². The van der Waals surface area contributed by atoms with Gasteiger partial charge in [0.2, 0.25) is 12.1 Å². The molecule has 0 spiro atoms. The van der Waals surface area contributed by atoms with Crippen molar-refractivity contribution in [1.82, 2.24) is 0 Å². The SMILES string of the molecule is CO/C(N)=C\C(=N\C#N)OC. The molecule has 60 valence electrons. The molecule has 0 saturated carbocycles. The van der Waals surface area contributed by atoms with Gasteiger partial charge in [0, 0.05) is 0 Å².